The highest BCUT2D eigenvalue weighted by Gasteiger charge is 2.12. The van der Waals surface area contributed by atoms with Crippen LogP contribution in [0.3, 0.4) is 0 Å². The molecule has 0 saturated heterocycles. The van der Waals surface area contributed by atoms with E-state index in [0.29, 0.717) is 5.75 Å². The molecule has 0 aliphatic heterocycles. The maximum Gasteiger partial charge on any atom is 0.191 e. The molecule has 24 heavy (non-hydrogen) atoms. The predicted octanol–water partition coefficient (Wildman–Crippen LogP) is 4.50. The fourth-order valence-corrected chi connectivity index (χ4v) is 3.32. The molecule has 0 amide bonds. The second-order valence-electron chi connectivity index (χ2n) is 5.77. The molecule has 3 rings (SSSR count). The molecule has 0 saturated carbocycles. The highest BCUT2D eigenvalue weighted by molar-refractivity contribution is 7.99. The standard InChI is InChI=1S/C19H19N3OS/c1-14(2)22-13-20-21-19(22)24-12-18(23)17-10-8-16(9-11-17)15-6-4-3-5-7-15/h3-11,13-14H,12H2,1-2H3. The molecular formula is C19H19N3OS. The van der Waals surface area contributed by atoms with Gasteiger partial charge in [0, 0.05) is 11.6 Å². The van der Waals surface area contributed by atoms with Crippen molar-refractivity contribution in [3.05, 3.63) is 66.5 Å². The first-order chi connectivity index (χ1) is 11.6. The van der Waals surface area contributed by atoms with Gasteiger partial charge in [0.15, 0.2) is 10.9 Å². The molecule has 0 N–H and O–H groups in total. The number of hydrogen-bond donors (Lipinski definition) is 0. The van der Waals surface area contributed by atoms with Gasteiger partial charge in [-0.15, -0.1) is 10.2 Å². The number of thioether (sulfide) groups is 1. The van der Waals surface area contributed by atoms with Gasteiger partial charge in [-0.05, 0) is 25.0 Å². The Labute approximate surface area is 145 Å². The van der Waals surface area contributed by atoms with Gasteiger partial charge in [-0.25, -0.2) is 0 Å². The average molecular weight is 337 g/mol. The summed E-state index contributed by atoms with van der Waals surface area (Å²) in [4.78, 5) is 12.4. The maximum absolute atomic E-state index is 12.4. The molecule has 0 radical (unpaired) electrons. The number of ketones is 1. The van der Waals surface area contributed by atoms with E-state index in [-0.39, 0.29) is 11.8 Å². The van der Waals surface area contributed by atoms with Crippen LogP contribution in [0.2, 0.25) is 0 Å². The van der Waals surface area contributed by atoms with Crippen LogP contribution in [0.1, 0.15) is 30.2 Å². The Morgan fingerprint density at radius 1 is 1.04 bits per heavy atom. The molecule has 0 unspecified atom stereocenters. The van der Waals surface area contributed by atoms with Crippen molar-refractivity contribution < 1.29 is 4.79 Å². The zero-order chi connectivity index (χ0) is 16.9. The molecule has 0 aliphatic rings. The van der Waals surface area contributed by atoms with Crippen molar-refractivity contribution in [1.29, 1.82) is 0 Å². The van der Waals surface area contributed by atoms with Crippen molar-refractivity contribution >= 4 is 17.5 Å². The summed E-state index contributed by atoms with van der Waals surface area (Å²) in [5.74, 6) is 0.453. The molecule has 122 valence electrons. The van der Waals surface area contributed by atoms with Crippen LogP contribution in [-0.4, -0.2) is 26.3 Å². The third-order valence-electron chi connectivity index (χ3n) is 3.74. The molecule has 0 fully saturated rings. The van der Waals surface area contributed by atoms with Gasteiger partial charge in [0.2, 0.25) is 0 Å². The van der Waals surface area contributed by atoms with Gasteiger partial charge in [-0.1, -0.05) is 66.4 Å². The lowest BCUT2D eigenvalue weighted by Gasteiger charge is -2.09. The molecule has 0 spiro atoms. The quantitative estimate of drug-likeness (QED) is 0.491. The van der Waals surface area contributed by atoms with Crippen molar-refractivity contribution in [2.24, 2.45) is 0 Å². The summed E-state index contributed by atoms with van der Waals surface area (Å²) >= 11 is 1.43. The molecule has 0 bridgehead atoms. The van der Waals surface area contributed by atoms with Crippen molar-refractivity contribution in [1.82, 2.24) is 14.8 Å². The topological polar surface area (TPSA) is 47.8 Å². The summed E-state index contributed by atoms with van der Waals surface area (Å²) in [6, 6.07) is 18.2. The summed E-state index contributed by atoms with van der Waals surface area (Å²) in [5.41, 5.74) is 2.98. The second kappa shape index (κ2) is 7.45. The Bertz CT molecular complexity index is 810. The minimum absolute atomic E-state index is 0.0953. The monoisotopic (exact) mass is 337 g/mol. The van der Waals surface area contributed by atoms with E-state index < -0.39 is 0 Å². The molecule has 1 aromatic heterocycles. The number of benzene rings is 2. The summed E-state index contributed by atoms with van der Waals surface area (Å²) in [7, 11) is 0. The van der Waals surface area contributed by atoms with Crippen LogP contribution in [0.25, 0.3) is 11.1 Å². The Morgan fingerprint density at radius 3 is 2.38 bits per heavy atom. The first-order valence-corrected chi connectivity index (χ1v) is 8.84. The number of Topliss-reactive ketones (excluding diaryl/α,β-unsaturated/α-hetero) is 1. The van der Waals surface area contributed by atoms with Crippen LogP contribution < -0.4 is 0 Å². The lowest BCUT2D eigenvalue weighted by atomic mass is 10.0. The fraction of sp³-hybridized carbons (Fsp3) is 0.211. The zero-order valence-corrected chi connectivity index (χ0v) is 14.5. The average Bonchev–Trinajstić information content (AvgIpc) is 3.09. The summed E-state index contributed by atoms with van der Waals surface area (Å²) < 4.78 is 1.97. The summed E-state index contributed by atoms with van der Waals surface area (Å²) in [6.45, 7) is 4.13. The molecule has 1 heterocycles. The van der Waals surface area contributed by atoms with Gasteiger partial charge >= 0.3 is 0 Å². The second-order valence-corrected chi connectivity index (χ2v) is 6.71. The lowest BCUT2D eigenvalue weighted by Crippen LogP contribution is -2.05. The Morgan fingerprint density at radius 2 is 1.71 bits per heavy atom. The first kappa shape index (κ1) is 16.5. The number of carbonyl (C=O) groups excluding carboxylic acids is 1. The van der Waals surface area contributed by atoms with Crippen LogP contribution >= 0.6 is 11.8 Å². The van der Waals surface area contributed by atoms with E-state index in [1.807, 2.05) is 47.0 Å². The van der Waals surface area contributed by atoms with E-state index in [1.54, 1.807) is 6.33 Å². The minimum Gasteiger partial charge on any atom is -0.306 e. The third-order valence-corrected chi connectivity index (χ3v) is 4.70. The smallest absolute Gasteiger partial charge is 0.191 e. The van der Waals surface area contributed by atoms with E-state index in [0.717, 1.165) is 21.8 Å². The normalized spacial score (nSPS) is 11.0. The lowest BCUT2D eigenvalue weighted by molar-refractivity contribution is 0.102. The minimum atomic E-state index is 0.0953. The highest BCUT2D eigenvalue weighted by Crippen LogP contribution is 2.22. The maximum atomic E-state index is 12.4. The largest absolute Gasteiger partial charge is 0.306 e. The van der Waals surface area contributed by atoms with E-state index in [2.05, 4.69) is 36.2 Å². The molecule has 0 aliphatic carbocycles. The van der Waals surface area contributed by atoms with Gasteiger partial charge < -0.3 is 4.57 Å². The Balaban J connectivity index is 1.66. The molecular weight excluding hydrogens is 318 g/mol. The number of carbonyl (C=O) groups is 1. The fourth-order valence-electron chi connectivity index (χ4n) is 2.38. The molecule has 3 aromatic rings. The van der Waals surface area contributed by atoms with Crippen LogP contribution in [0, 0.1) is 0 Å². The third kappa shape index (κ3) is 3.74. The van der Waals surface area contributed by atoms with Crippen LogP contribution in [0.5, 0.6) is 0 Å². The van der Waals surface area contributed by atoms with Crippen molar-refractivity contribution in [2.75, 3.05) is 5.75 Å². The SMILES string of the molecule is CC(C)n1cnnc1SCC(=O)c1ccc(-c2ccccc2)cc1. The van der Waals surface area contributed by atoms with Crippen molar-refractivity contribution in [3.63, 3.8) is 0 Å². The number of nitrogens with zero attached hydrogens (tertiary/aromatic N) is 3. The molecule has 5 heteroatoms. The van der Waals surface area contributed by atoms with Gasteiger partial charge in [0.25, 0.3) is 0 Å². The number of hydrogen-bond acceptors (Lipinski definition) is 4. The van der Waals surface area contributed by atoms with Crippen LogP contribution in [0.4, 0.5) is 0 Å². The van der Waals surface area contributed by atoms with E-state index in [9.17, 15) is 4.79 Å². The Hall–Kier alpha value is -2.40. The predicted molar refractivity (Wildman–Crippen MR) is 97.3 cm³/mol. The van der Waals surface area contributed by atoms with E-state index in [4.69, 9.17) is 0 Å². The Kier molecular flexibility index (Phi) is 5.11. The van der Waals surface area contributed by atoms with E-state index >= 15 is 0 Å². The van der Waals surface area contributed by atoms with Gasteiger partial charge in [0.05, 0.1) is 5.75 Å². The summed E-state index contributed by atoms with van der Waals surface area (Å²) in [6.07, 6.45) is 1.70. The van der Waals surface area contributed by atoms with Crippen LogP contribution in [-0.2, 0) is 0 Å². The number of rotatable bonds is 6. The summed E-state index contributed by atoms with van der Waals surface area (Å²) in [5, 5.41) is 8.78. The van der Waals surface area contributed by atoms with Crippen molar-refractivity contribution in [2.45, 2.75) is 25.0 Å². The zero-order valence-electron chi connectivity index (χ0n) is 13.7. The van der Waals surface area contributed by atoms with Gasteiger partial charge in [0.1, 0.15) is 6.33 Å². The van der Waals surface area contributed by atoms with Crippen molar-refractivity contribution in [3.8, 4) is 11.1 Å². The number of aromatic nitrogens is 3. The highest BCUT2D eigenvalue weighted by atomic mass is 32.2. The first-order valence-electron chi connectivity index (χ1n) is 7.86. The molecule has 4 nitrogen and oxygen atoms in total. The van der Waals surface area contributed by atoms with E-state index in [1.165, 1.54) is 11.8 Å². The molecule has 2 aromatic carbocycles. The molecule has 0 atom stereocenters. The van der Waals surface area contributed by atoms with Gasteiger partial charge in [-0.2, -0.15) is 0 Å². The van der Waals surface area contributed by atoms with Crippen LogP contribution in [0.15, 0.2) is 66.1 Å². The van der Waals surface area contributed by atoms with Gasteiger partial charge in [-0.3, -0.25) is 4.79 Å².